The lowest BCUT2D eigenvalue weighted by atomic mass is 10.0. The number of nitrogens with zero attached hydrogens (tertiary/aromatic N) is 2. The summed E-state index contributed by atoms with van der Waals surface area (Å²) < 4.78 is 3.92. The van der Waals surface area contributed by atoms with Gasteiger partial charge in [-0.1, -0.05) is 6.92 Å². The molecule has 1 amide bonds. The van der Waals surface area contributed by atoms with Gasteiger partial charge in [-0.15, -0.1) is 0 Å². The fourth-order valence-electron chi connectivity index (χ4n) is 1.20. The maximum absolute atomic E-state index is 11.4. The van der Waals surface area contributed by atoms with Crippen molar-refractivity contribution in [2.24, 2.45) is 5.92 Å². The zero-order valence-electron chi connectivity index (χ0n) is 9.06. The maximum Gasteiger partial charge on any atom is 0.303 e. The molecule has 0 aliphatic heterocycles. The van der Waals surface area contributed by atoms with E-state index >= 15 is 0 Å². The third-order valence-corrected chi connectivity index (χ3v) is 2.55. The molecule has 2 N–H and O–H groups in total. The predicted molar refractivity (Wildman–Crippen MR) is 59.3 cm³/mol. The molecule has 0 radical (unpaired) electrons. The largest absolute Gasteiger partial charge is 0.481 e. The molecule has 0 saturated heterocycles. The van der Waals surface area contributed by atoms with E-state index in [4.69, 9.17) is 5.11 Å². The van der Waals surface area contributed by atoms with Crippen molar-refractivity contribution < 1.29 is 14.7 Å². The van der Waals surface area contributed by atoms with E-state index in [2.05, 4.69) is 14.7 Å². The first-order valence-electron chi connectivity index (χ1n) is 4.79. The number of rotatable bonds is 5. The second-order valence-electron chi connectivity index (χ2n) is 3.60. The normalized spacial score (nSPS) is 12.1. The number of nitrogens with one attached hydrogen (secondary N) is 1. The SMILES string of the molecule is Cc1nsc(NC(=O)CC(C)CC(=O)O)n1. The number of aromatic nitrogens is 2. The molecule has 16 heavy (non-hydrogen) atoms. The van der Waals surface area contributed by atoms with Crippen LogP contribution in [0.5, 0.6) is 0 Å². The molecule has 6 nitrogen and oxygen atoms in total. The third kappa shape index (κ3) is 4.35. The van der Waals surface area contributed by atoms with Crippen LogP contribution in [-0.2, 0) is 9.59 Å². The molecule has 0 saturated carbocycles. The summed E-state index contributed by atoms with van der Waals surface area (Å²) in [7, 11) is 0. The number of amides is 1. The standard InChI is InChI=1S/C9H13N3O3S/c1-5(4-8(14)15)3-7(13)11-9-10-6(2)12-16-9/h5H,3-4H2,1-2H3,(H,14,15)(H,10,11,12,13). The van der Waals surface area contributed by atoms with E-state index in [-0.39, 0.29) is 24.7 Å². The fraction of sp³-hybridized carbons (Fsp3) is 0.556. The number of aryl methyl sites for hydroxylation is 1. The second-order valence-corrected chi connectivity index (χ2v) is 4.35. The molecular weight excluding hydrogens is 230 g/mol. The average molecular weight is 243 g/mol. The Morgan fingerprint density at radius 2 is 2.19 bits per heavy atom. The van der Waals surface area contributed by atoms with Gasteiger partial charge >= 0.3 is 5.97 Å². The lowest BCUT2D eigenvalue weighted by molar-refractivity contribution is -0.138. The van der Waals surface area contributed by atoms with Gasteiger partial charge in [-0.25, -0.2) is 4.98 Å². The van der Waals surface area contributed by atoms with Crippen molar-refractivity contribution >= 4 is 28.5 Å². The zero-order chi connectivity index (χ0) is 12.1. The van der Waals surface area contributed by atoms with E-state index in [1.54, 1.807) is 13.8 Å². The van der Waals surface area contributed by atoms with Gasteiger partial charge < -0.3 is 10.4 Å². The van der Waals surface area contributed by atoms with E-state index in [0.29, 0.717) is 11.0 Å². The minimum Gasteiger partial charge on any atom is -0.481 e. The Labute approximate surface area is 96.9 Å². The number of hydrogen-bond donors (Lipinski definition) is 2. The highest BCUT2D eigenvalue weighted by Gasteiger charge is 2.13. The number of carbonyl (C=O) groups is 2. The van der Waals surface area contributed by atoms with E-state index in [1.807, 2.05) is 0 Å². The average Bonchev–Trinajstić information content (AvgIpc) is 2.48. The molecule has 0 aliphatic carbocycles. The van der Waals surface area contributed by atoms with Gasteiger partial charge in [0.05, 0.1) is 0 Å². The van der Waals surface area contributed by atoms with Crippen molar-refractivity contribution in [3.63, 3.8) is 0 Å². The maximum atomic E-state index is 11.4. The third-order valence-electron chi connectivity index (χ3n) is 1.83. The van der Waals surface area contributed by atoms with Crippen LogP contribution in [0.2, 0.25) is 0 Å². The first-order chi connectivity index (χ1) is 7.47. The Balaban J connectivity index is 2.38. The van der Waals surface area contributed by atoms with Crippen LogP contribution < -0.4 is 5.32 Å². The van der Waals surface area contributed by atoms with Crippen molar-refractivity contribution in [3.05, 3.63) is 5.82 Å². The number of hydrogen-bond acceptors (Lipinski definition) is 5. The minimum atomic E-state index is -0.896. The van der Waals surface area contributed by atoms with E-state index in [1.165, 1.54) is 0 Å². The Morgan fingerprint density at radius 3 is 2.69 bits per heavy atom. The summed E-state index contributed by atoms with van der Waals surface area (Å²) in [5, 5.41) is 11.6. The smallest absolute Gasteiger partial charge is 0.303 e. The van der Waals surface area contributed by atoms with Crippen molar-refractivity contribution in [2.75, 3.05) is 5.32 Å². The van der Waals surface area contributed by atoms with Gasteiger partial charge in [0, 0.05) is 24.4 Å². The van der Waals surface area contributed by atoms with Crippen LogP contribution >= 0.6 is 11.5 Å². The summed E-state index contributed by atoms with van der Waals surface area (Å²) in [4.78, 5) is 25.8. The van der Waals surface area contributed by atoms with Gasteiger partial charge in [0.2, 0.25) is 11.0 Å². The second kappa shape index (κ2) is 5.55. The van der Waals surface area contributed by atoms with Crippen molar-refractivity contribution in [1.82, 2.24) is 9.36 Å². The van der Waals surface area contributed by atoms with Gasteiger partial charge in [0.25, 0.3) is 0 Å². The topological polar surface area (TPSA) is 92.2 Å². The monoisotopic (exact) mass is 243 g/mol. The van der Waals surface area contributed by atoms with Gasteiger partial charge in [-0.3, -0.25) is 9.59 Å². The number of carbonyl (C=O) groups excluding carboxylic acids is 1. The Kier molecular flexibility index (Phi) is 4.36. The molecule has 1 atom stereocenters. The highest BCUT2D eigenvalue weighted by molar-refractivity contribution is 7.09. The number of anilines is 1. The summed E-state index contributed by atoms with van der Waals surface area (Å²) in [5.41, 5.74) is 0. The van der Waals surface area contributed by atoms with Crippen LogP contribution in [0.25, 0.3) is 0 Å². The summed E-state index contributed by atoms with van der Waals surface area (Å²) in [6.07, 6.45) is 0.160. The minimum absolute atomic E-state index is 0.0113. The molecule has 0 aliphatic rings. The quantitative estimate of drug-likeness (QED) is 0.812. The molecule has 1 rings (SSSR count). The molecular formula is C9H13N3O3S. The molecule has 1 heterocycles. The number of aliphatic carboxylic acids is 1. The van der Waals surface area contributed by atoms with Crippen LogP contribution in [0.1, 0.15) is 25.6 Å². The molecule has 1 aromatic heterocycles. The predicted octanol–water partition coefficient (Wildman–Crippen LogP) is 1.29. The highest BCUT2D eigenvalue weighted by Crippen LogP contribution is 2.13. The van der Waals surface area contributed by atoms with Crippen LogP contribution in [-0.4, -0.2) is 26.3 Å². The van der Waals surface area contributed by atoms with Gasteiger partial charge in [0.15, 0.2) is 0 Å². The molecule has 1 aromatic rings. The van der Waals surface area contributed by atoms with E-state index < -0.39 is 5.97 Å². The van der Waals surface area contributed by atoms with Crippen molar-refractivity contribution in [2.45, 2.75) is 26.7 Å². The molecule has 1 unspecified atom stereocenters. The first kappa shape index (κ1) is 12.6. The summed E-state index contributed by atoms with van der Waals surface area (Å²) in [6, 6.07) is 0. The molecule has 0 aromatic carbocycles. The molecule has 0 fully saturated rings. The van der Waals surface area contributed by atoms with Crippen LogP contribution in [0.15, 0.2) is 0 Å². The lowest BCUT2D eigenvalue weighted by Crippen LogP contribution is -2.16. The fourth-order valence-corrected chi connectivity index (χ4v) is 1.80. The van der Waals surface area contributed by atoms with E-state index in [0.717, 1.165) is 11.5 Å². The summed E-state index contributed by atoms with van der Waals surface area (Å²) >= 11 is 1.11. The first-order valence-corrected chi connectivity index (χ1v) is 5.56. The van der Waals surface area contributed by atoms with E-state index in [9.17, 15) is 9.59 Å². The van der Waals surface area contributed by atoms with Crippen LogP contribution in [0, 0.1) is 12.8 Å². The number of carboxylic acid groups (broad SMARTS) is 1. The van der Waals surface area contributed by atoms with Crippen molar-refractivity contribution in [3.8, 4) is 0 Å². The van der Waals surface area contributed by atoms with Crippen LogP contribution in [0.4, 0.5) is 5.13 Å². The highest BCUT2D eigenvalue weighted by atomic mass is 32.1. The summed E-state index contributed by atoms with van der Waals surface area (Å²) in [5.74, 6) is -0.706. The van der Waals surface area contributed by atoms with Gasteiger partial charge in [0.1, 0.15) is 5.82 Å². The Bertz CT molecular complexity index is 391. The van der Waals surface area contributed by atoms with Gasteiger partial charge in [-0.2, -0.15) is 4.37 Å². The van der Waals surface area contributed by atoms with Crippen molar-refractivity contribution in [1.29, 1.82) is 0 Å². The zero-order valence-corrected chi connectivity index (χ0v) is 9.87. The molecule has 0 spiro atoms. The number of carboxylic acids is 1. The lowest BCUT2D eigenvalue weighted by Gasteiger charge is -2.06. The Hall–Kier alpha value is -1.50. The molecule has 88 valence electrons. The Morgan fingerprint density at radius 1 is 1.50 bits per heavy atom. The molecule has 0 bridgehead atoms. The summed E-state index contributed by atoms with van der Waals surface area (Å²) in [6.45, 7) is 3.46. The molecule has 7 heteroatoms. The van der Waals surface area contributed by atoms with Crippen LogP contribution in [0.3, 0.4) is 0 Å². The van der Waals surface area contributed by atoms with Gasteiger partial charge in [-0.05, 0) is 12.8 Å².